The zero-order chi connectivity index (χ0) is 18.8. The highest BCUT2D eigenvalue weighted by Crippen LogP contribution is 2.06. The third kappa shape index (κ3) is 10.8. The SMILES string of the molecule is CCCCOC[C@H](NC(=O)OC(C)(C)C)C(=O)NNC(=O)[C@H](C)N. The topological polar surface area (TPSA) is 132 Å². The monoisotopic (exact) mass is 346 g/mol. The second kappa shape index (κ2) is 10.8. The Morgan fingerprint density at radius 1 is 1.12 bits per heavy atom. The van der Waals surface area contributed by atoms with Crippen LogP contribution in [0.5, 0.6) is 0 Å². The number of hydrogen-bond acceptors (Lipinski definition) is 6. The number of hydrazine groups is 1. The molecule has 140 valence electrons. The van der Waals surface area contributed by atoms with Crippen LogP contribution in [0.4, 0.5) is 4.79 Å². The first kappa shape index (κ1) is 22.1. The molecule has 2 atom stereocenters. The van der Waals surface area contributed by atoms with E-state index in [1.807, 2.05) is 6.92 Å². The van der Waals surface area contributed by atoms with Gasteiger partial charge in [0.25, 0.3) is 11.8 Å². The molecular formula is C15H30N4O5. The summed E-state index contributed by atoms with van der Waals surface area (Å²) in [5.41, 5.74) is 9.07. The number of carbonyl (C=O) groups excluding carboxylic acids is 3. The average molecular weight is 346 g/mol. The smallest absolute Gasteiger partial charge is 0.408 e. The van der Waals surface area contributed by atoms with Crippen molar-refractivity contribution in [1.82, 2.24) is 16.2 Å². The molecule has 0 aliphatic carbocycles. The Labute approximate surface area is 143 Å². The van der Waals surface area contributed by atoms with Crippen LogP contribution in [0.1, 0.15) is 47.5 Å². The molecule has 0 unspecified atom stereocenters. The van der Waals surface area contributed by atoms with E-state index in [2.05, 4.69) is 16.2 Å². The molecule has 0 saturated heterocycles. The van der Waals surface area contributed by atoms with Gasteiger partial charge in [0.15, 0.2) is 0 Å². The van der Waals surface area contributed by atoms with Crippen LogP contribution in [0.25, 0.3) is 0 Å². The molecule has 0 aliphatic heterocycles. The second-order valence-electron chi connectivity index (χ2n) is 6.39. The number of alkyl carbamates (subject to hydrolysis) is 1. The number of hydrogen-bond donors (Lipinski definition) is 4. The van der Waals surface area contributed by atoms with Gasteiger partial charge in [0.05, 0.1) is 12.6 Å². The lowest BCUT2D eigenvalue weighted by atomic mass is 10.2. The number of nitrogens with two attached hydrogens (primary N) is 1. The van der Waals surface area contributed by atoms with Crippen molar-refractivity contribution in [2.45, 2.75) is 65.1 Å². The molecule has 5 N–H and O–H groups in total. The molecule has 0 saturated carbocycles. The van der Waals surface area contributed by atoms with Crippen LogP contribution >= 0.6 is 0 Å². The van der Waals surface area contributed by atoms with Gasteiger partial charge < -0.3 is 20.5 Å². The van der Waals surface area contributed by atoms with E-state index in [0.29, 0.717) is 6.61 Å². The number of amides is 3. The van der Waals surface area contributed by atoms with Crippen molar-refractivity contribution in [3.8, 4) is 0 Å². The first-order valence-corrected chi connectivity index (χ1v) is 7.99. The Hall–Kier alpha value is -1.87. The number of nitrogens with one attached hydrogen (secondary N) is 3. The van der Waals surface area contributed by atoms with Crippen LogP contribution in [0.3, 0.4) is 0 Å². The molecule has 3 amide bonds. The third-order valence-electron chi connectivity index (χ3n) is 2.66. The molecular weight excluding hydrogens is 316 g/mol. The maximum absolute atomic E-state index is 12.1. The van der Waals surface area contributed by atoms with Crippen molar-refractivity contribution in [2.24, 2.45) is 5.73 Å². The fourth-order valence-corrected chi connectivity index (χ4v) is 1.40. The Bertz CT molecular complexity index is 421. The molecule has 0 bridgehead atoms. The molecule has 0 fully saturated rings. The Morgan fingerprint density at radius 3 is 2.21 bits per heavy atom. The highest BCUT2D eigenvalue weighted by Gasteiger charge is 2.25. The minimum absolute atomic E-state index is 0.0425. The van der Waals surface area contributed by atoms with Crippen molar-refractivity contribution >= 4 is 17.9 Å². The van der Waals surface area contributed by atoms with E-state index in [-0.39, 0.29) is 6.61 Å². The van der Waals surface area contributed by atoms with E-state index >= 15 is 0 Å². The summed E-state index contributed by atoms with van der Waals surface area (Å²) in [5.74, 6) is -1.18. The lowest BCUT2D eigenvalue weighted by Gasteiger charge is -2.23. The first-order chi connectivity index (χ1) is 11.1. The molecule has 0 aromatic rings. The fraction of sp³-hybridized carbons (Fsp3) is 0.800. The van der Waals surface area contributed by atoms with Crippen LogP contribution in [0, 0.1) is 0 Å². The number of ether oxygens (including phenoxy) is 2. The molecule has 0 heterocycles. The van der Waals surface area contributed by atoms with E-state index in [4.69, 9.17) is 15.2 Å². The largest absolute Gasteiger partial charge is 0.444 e. The quantitative estimate of drug-likeness (QED) is 0.366. The van der Waals surface area contributed by atoms with Crippen LogP contribution < -0.4 is 21.9 Å². The Balaban J connectivity index is 4.63. The maximum Gasteiger partial charge on any atom is 0.408 e. The maximum atomic E-state index is 12.1. The number of carbonyl (C=O) groups is 3. The van der Waals surface area contributed by atoms with Crippen LogP contribution in [-0.4, -0.2) is 48.8 Å². The van der Waals surface area contributed by atoms with Gasteiger partial charge in [-0.1, -0.05) is 13.3 Å². The molecule has 0 aromatic heterocycles. The van der Waals surface area contributed by atoms with Gasteiger partial charge in [-0.3, -0.25) is 20.4 Å². The minimum Gasteiger partial charge on any atom is -0.444 e. The summed E-state index contributed by atoms with van der Waals surface area (Å²) >= 11 is 0. The van der Waals surface area contributed by atoms with Crippen LogP contribution in [0.15, 0.2) is 0 Å². The van der Waals surface area contributed by atoms with E-state index < -0.39 is 35.6 Å². The summed E-state index contributed by atoms with van der Waals surface area (Å²) in [4.78, 5) is 35.3. The van der Waals surface area contributed by atoms with Gasteiger partial charge in [-0.15, -0.1) is 0 Å². The lowest BCUT2D eigenvalue weighted by Crippen LogP contribution is -2.56. The highest BCUT2D eigenvalue weighted by atomic mass is 16.6. The average Bonchev–Trinajstić information content (AvgIpc) is 2.45. The Morgan fingerprint density at radius 2 is 1.71 bits per heavy atom. The summed E-state index contributed by atoms with van der Waals surface area (Å²) in [6.45, 7) is 9.04. The normalized spacial score (nSPS) is 13.6. The molecule has 0 rings (SSSR count). The molecule has 9 nitrogen and oxygen atoms in total. The van der Waals surface area contributed by atoms with Gasteiger partial charge >= 0.3 is 6.09 Å². The van der Waals surface area contributed by atoms with Crippen molar-refractivity contribution in [3.05, 3.63) is 0 Å². The predicted octanol–water partition coefficient (Wildman–Crippen LogP) is 0.191. The summed E-state index contributed by atoms with van der Waals surface area (Å²) in [6, 6.07) is -1.78. The summed E-state index contributed by atoms with van der Waals surface area (Å²) in [6.07, 6.45) is 1.03. The van der Waals surface area contributed by atoms with Crippen molar-refractivity contribution in [1.29, 1.82) is 0 Å². The van der Waals surface area contributed by atoms with E-state index in [1.54, 1.807) is 20.8 Å². The fourth-order valence-electron chi connectivity index (χ4n) is 1.40. The van der Waals surface area contributed by atoms with E-state index in [1.165, 1.54) is 6.92 Å². The molecule has 24 heavy (non-hydrogen) atoms. The van der Waals surface area contributed by atoms with Crippen molar-refractivity contribution < 1.29 is 23.9 Å². The molecule has 0 radical (unpaired) electrons. The van der Waals surface area contributed by atoms with Gasteiger partial charge in [-0.25, -0.2) is 4.79 Å². The van der Waals surface area contributed by atoms with Crippen LogP contribution in [-0.2, 0) is 19.1 Å². The predicted molar refractivity (Wildman–Crippen MR) is 88.8 cm³/mol. The van der Waals surface area contributed by atoms with Gasteiger partial charge in [0.2, 0.25) is 0 Å². The second-order valence-corrected chi connectivity index (χ2v) is 6.39. The zero-order valence-electron chi connectivity index (χ0n) is 15.1. The van der Waals surface area contributed by atoms with Gasteiger partial charge in [0, 0.05) is 6.61 Å². The third-order valence-corrected chi connectivity index (χ3v) is 2.66. The number of unbranched alkanes of at least 4 members (excludes halogenated alkanes) is 1. The first-order valence-electron chi connectivity index (χ1n) is 7.99. The van der Waals surface area contributed by atoms with Crippen molar-refractivity contribution in [2.75, 3.05) is 13.2 Å². The van der Waals surface area contributed by atoms with Crippen molar-refractivity contribution in [3.63, 3.8) is 0 Å². The summed E-state index contributed by atoms with van der Waals surface area (Å²) < 4.78 is 10.5. The highest BCUT2D eigenvalue weighted by molar-refractivity contribution is 5.89. The van der Waals surface area contributed by atoms with Gasteiger partial charge in [0.1, 0.15) is 11.6 Å². The van der Waals surface area contributed by atoms with Gasteiger partial charge in [-0.2, -0.15) is 0 Å². The standard InChI is InChI=1S/C15H30N4O5/c1-6-7-8-23-9-11(17-14(22)24-15(3,4)5)13(21)19-18-12(20)10(2)16/h10-11H,6-9,16H2,1-5H3,(H,17,22)(H,18,20)(H,19,21)/t10-,11-/m0/s1. The minimum atomic E-state index is -1.01. The molecule has 0 spiro atoms. The zero-order valence-corrected chi connectivity index (χ0v) is 15.1. The summed E-state index contributed by atoms with van der Waals surface area (Å²) in [7, 11) is 0. The molecule has 0 aromatic carbocycles. The van der Waals surface area contributed by atoms with Crippen LogP contribution in [0.2, 0.25) is 0 Å². The molecule has 0 aliphatic rings. The van der Waals surface area contributed by atoms with E-state index in [9.17, 15) is 14.4 Å². The summed E-state index contributed by atoms with van der Waals surface area (Å²) in [5, 5.41) is 2.42. The molecule has 9 heteroatoms. The van der Waals surface area contributed by atoms with Gasteiger partial charge in [-0.05, 0) is 34.1 Å². The lowest BCUT2D eigenvalue weighted by molar-refractivity contribution is -0.131. The van der Waals surface area contributed by atoms with E-state index in [0.717, 1.165) is 12.8 Å². The number of rotatable bonds is 8. The Kier molecular flexibility index (Phi) is 9.98.